The third-order valence-corrected chi connectivity index (χ3v) is 4.14. The van der Waals surface area contributed by atoms with E-state index in [2.05, 4.69) is 10.3 Å². The van der Waals surface area contributed by atoms with Crippen LogP contribution in [0.5, 0.6) is 0 Å². The third kappa shape index (κ3) is 4.42. The van der Waals surface area contributed by atoms with E-state index < -0.39 is 6.04 Å². The first-order valence-corrected chi connectivity index (χ1v) is 8.24. The topological polar surface area (TPSA) is 71.5 Å². The smallest absolute Gasteiger partial charge is 0.249 e. The van der Waals surface area contributed by atoms with Crippen LogP contribution in [-0.4, -0.2) is 41.0 Å². The number of amides is 2. The maximum atomic E-state index is 12.6. The molecule has 130 valence electrons. The van der Waals surface area contributed by atoms with E-state index in [1.165, 1.54) is 0 Å². The molecule has 2 aromatic rings. The van der Waals surface area contributed by atoms with Crippen molar-refractivity contribution in [1.29, 1.82) is 0 Å². The van der Waals surface area contributed by atoms with Crippen LogP contribution in [-0.2, 0) is 27.4 Å². The molecular formula is C19H21N3O3. The lowest BCUT2D eigenvalue weighted by atomic mass is 10.1. The van der Waals surface area contributed by atoms with Crippen molar-refractivity contribution in [3.8, 4) is 0 Å². The molecule has 3 rings (SSSR count). The molecule has 1 aliphatic rings. The number of hydrogen-bond donors (Lipinski definition) is 1. The number of aromatic nitrogens is 1. The molecule has 1 saturated heterocycles. The Morgan fingerprint density at radius 3 is 2.76 bits per heavy atom. The molecule has 1 N–H and O–H groups in total. The van der Waals surface area contributed by atoms with Gasteiger partial charge >= 0.3 is 0 Å². The average Bonchev–Trinajstić information content (AvgIpc) is 2.63. The molecule has 1 aromatic carbocycles. The molecule has 0 bridgehead atoms. The summed E-state index contributed by atoms with van der Waals surface area (Å²) in [7, 11) is 0. The largest absolute Gasteiger partial charge is 0.369 e. The van der Waals surface area contributed by atoms with Gasteiger partial charge in [-0.05, 0) is 24.1 Å². The van der Waals surface area contributed by atoms with Crippen LogP contribution in [0.15, 0.2) is 48.7 Å². The molecule has 25 heavy (non-hydrogen) atoms. The zero-order valence-corrected chi connectivity index (χ0v) is 14.1. The van der Waals surface area contributed by atoms with Gasteiger partial charge in [-0.1, -0.05) is 36.4 Å². The van der Waals surface area contributed by atoms with Gasteiger partial charge in [0.2, 0.25) is 11.8 Å². The van der Waals surface area contributed by atoms with Gasteiger partial charge in [0.15, 0.2) is 0 Å². The van der Waals surface area contributed by atoms with Crippen LogP contribution in [0.25, 0.3) is 0 Å². The number of hydrogen-bond acceptors (Lipinski definition) is 4. The van der Waals surface area contributed by atoms with E-state index in [0.29, 0.717) is 13.1 Å². The summed E-state index contributed by atoms with van der Waals surface area (Å²) in [6, 6.07) is 12.8. The molecule has 1 aliphatic heterocycles. The first kappa shape index (κ1) is 17.1. The van der Waals surface area contributed by atoms with E-state index in [-0.39, 0.29) is 25.0 Å². The fourth-order valence-electron chi connectivity index (χ4n) is 2.71. The maximum Gasteiger partial charge on any atom is 0.249 e. The molecular weight excluding hydrogens is 318 g/mol. The van der Waals surface area contributed by atoms with Crippen LogP contribution in [0.4, 0.5) is 0 Å². The van der Waals surface area contributed by atoms with Gasteiger partial charge in [-0.2, -0.15) is 0 Å². The molecule has 2 amide bonds. The number of pyridine rings is 1. The molecule has 1 fully saturated rings. The number of aryl methyl sites for hydroxylation is 1. The van der Waals surface area contributed by atoms with Gasteiger partial charge in [0.1, 0.15) is 12.6 Å². The molecule has 1 aromatic heterocycles. The van der Waals surface area contributed by atoms with Crippen LogP contribution >= 0.6 is 0 Å². The number of benzene rings is 1. The van der Waals surface area contributed by atoms with Crippen molar-refractivity contribution < 1.29 is 14.3 Å². The lowest BCUT2D eigenvalue weighted by Crippen LogP contribution is -2.55. The van der Waals surface area contributed by atoms with E-state index in [4.69, 9.17) is 4.74 Å². The van der Waals surface area contributed by atoms with E-state index >= 15 is 0 Å². The quantitative estimate of drug-likeness (QED) is 0.895. The second-order valence-electron chi connectivity index (χ2n) is 6.06. The minimum absolute atomic E-state index is 0.0124. The van der Waals surface area contributed by atoms with Gasteiger partial charge in [0.05, 0.1) is 6.61 Å². The van der Waals surface area contributed by atoms with Gasteiger partial charge < -0.3 is 15.0 Å². The molecule has 6 heteroatoms. The Balaban J connectivity index is 1.65. The standard InChI is InChI=1S/C19H21N3O3/c1-14-7-8-16(9-20-14)10-21-19(24)17-12-25-13-18(23)22(17)11-15-5-3-2-4-6-15/h2-9,17H,10-13H2,1H3,(H,21,24)/t17-/m0/s1. The van der Waals surface area contributed by atoms with Crippen molar-refractivity contribution >= 4 is 11.8 Å². The monoisotopic (exact) mass is 339 g/mol. The van der Waals surface area contributed by atoms with Crippen molar-refractivity contribution in [3.63, 3.8) is 0 Å². The lowest BCUT2D eigenvalue weighted by molar-refractivity contribution is -0.155. The molecule has 0 spiro atoms. The van der Waals surface area contributed by atoms with E-state index in [9.17, 15) is 9.59 Å². The van der Waals surface area contributed by atoms with Crippen molar-refractivity contribution in [2.75, 3.05) is 13.2 Å². The molecule has 0 saturated carbocycles. The number of carbonyl (C=O) groups excluding carboxylic acids is 2. The second kappa shape index (κ2) is 7.90. The Bertz CT molecular complexity index is 731. The van der Waals surface area contributed by atoms with Crippen LogP contribution in [0, 0.1) is 6.92 Å². The minimum atomic E-state index is -0.625. The summed E-state index contributed by atoms with van der Waals surface area (Å²) < 4.78 is 5.29. The summed E-state index contributed by atoms with van der Waals surface area (Å²) >= 11 is 0. The molecule has 0 radical (unpaired) electrons. The molecule has 2 heterocycles. The normalized spacial score (nSPS) is 17.4. The molecule has 0 unspecified atom stereocenters. The van der Waals surface area contributed by atoms with Gasteiger partial charge in [0.25, 0.3) is 0 Å². The Morgan fingerprint density at radius 1 is 1.24 bits per heavy atom. The van der Waals surface area contributed by atoms with Crippen molar-refractivity contribution in [1.82, 2.24) is 15.2 Å². The van der Waals surface area contributed by atoms with Gasteiger partial charge in [-0.3, -0.25) is 14.6 Å². The summed E-state index contributed by atoms with van der Waals surface area (Å²) in [5, 5.41) is 2.87. The molecule has 0 aliphatic carbocycles. The Morgan fingerprint density at radius 2 is 2.04 bits per heavy atom. The maximum absolute atomic E-state index is 12.6. The van der Waals surface area contributed by atoms with Crippen molar-refractivity contribution in [2.45, 2.75) is 26.1 Å². The molecule has 1 atom stereocenters. The summed E-state index contributed by atoms with van der Waals surface area (Å²) in [4.78, 5) is 30.6. The van der Waals surface area contributed by atoms with Crippen molar-refractivity contribution in [3.05, 3.63) is 65.5 Å². The lowest BCUT2D eigenvalue weighted by Gasteiger charge is -2.34. The fraction of sp³-hybridized carbons (Fsp3) is 0.316. The number of morpholine rings is 1. The van der Waals surface area contributed by atoms with Crippen LogP contribution < -0.4 is 5.32 Å². The van der Waals surface area contributed by atoms with Crippen molar-refractivity contribution in [2.24, 2.45) is 0 Å². The third-order valence-electron chi connectivity index (χ3n) is 4.14. The Kier molecular flexibility index (Phi) is 5.40. The van der Waals surface area contributed by atoms with Crippen LogP contribution in [0.1, 0.15) is 16.8 Å². The van der Waals surface area contributed by atoms with E-state index in [0.717, 1.165) is 16.8 Å². The summed E-state index contributed by atoms with van der Waals surface area (Å²) in [6.07, 6.45) is 1.74. The number of carbonyl (C=O) groups is 2. The highest BCUT2D eigenvalue weighted by Gasteiger charge is 2.33. The van der Waals surface area contributed by atoms with Gasteiger partial charge in [-0.25, -0.2) is 0 Å². The fourth-order valence-corrected chi connectivity index (χ4v) is 2.71. The highest BCUT2D eigenvalue weighted by Crippen LogP contribution is 2.14. The summed E-state index contributed by atoms with van der Waals surface area (Å²) in [6.45, 7) is 2.90. The number of nitrogens with one attached hydrogen (secondary N) is 1. The first-order valence-electron chi connectivity index (χ1n) is 8.24. The zero-order chi connectivity index (χ0) is 17.6. The Hall–Kier alpha value is -2.73. The second-order valence-corrected chi connectivity index (χ2v) is 6.06. The first-order chi connectivity index (χ1) is 12.1. The van der Waals surface area contributed by atoms with Crippen LogP contribution in [0.3, 0.4) is 0 Å². The van der Waals surface area contributed by atoms with Crippen LogP contribution in [0.2, 0.25) is 0 Å². The molecule has 6 nitrogen and oxygen atoms in total. The van der Waals surface area contributed by atoms with E-state index in [1.54, 1.807) is 11.1 Å². The number of rotatable bonds is 5. The SMILES string of the molecule is Cc1ccc(CNC(=O)[C@@H]2COCC(=O)N2Cc2ccccc2)cn1. The summed E-state index contributed by atoms with van der Waals surface area (Å²) in [5.74, 6) is -0.392. The minimum Gasteiger partial charge on any atom is -0.369 e. The van der Waals surface area contributed by atoms with E-state index in [1.807, 2.05) is 49.4 Å². The summed E-state index contributed by atoms with van der Waals surface area (Å²) in [5.41, 5.74) is 2.82. The number of ether oxygens (including phenoxy) is 1. The Labute approximate surface area is 146 Å². The highest BCUT2D eigenvalue weighted by atomic mass is 16.5. The predicted octanol–water partition coefficient (Wildman–Crippen LogP) is 1.43. The van der Waals surface area contributed by atoms with Gasteiger partial charge in [0, 0.05) is 25.0 Å². The number of nitrogens with zero attached hydrogens (tertiary/aromatic N) is 2. The average molecular weight is 339 g/mol. The predicted molar refractivity (Wildman–Crippen MR) is 92.4 cm³/mol. The highest BCUT2D eigenvalue weighted by molar-refractivity contribution is 5.89. The van der Waals surface area contributed by atoms with Gasteiger partial charge in [-0.15, -0.1) is 0 Å². The zero-order valence-electron chi connectivity index (χ0n) is 14.1.